The lowest BCUT2D eigenvalue weighted by atomic mass is 10.0. The molecule has 0 aliphatic heterocycles. The van der Waals surface area contributed by atoms with Crippen LogP contribution in [0.25, 0.3) is 11.3 Å². The lowest BCUT2D eigenvalue weighted by molar-refractivity contribution is 0.573. The second-order valence-corrected chi connectivity index (χ2v) is 4.47. The first-order valence-electron chi connectivity index (χ1n) is 7.17. The SMILES string of the molecule is CC.[B]OC(=C(C#N)c1ccccc1)c1c(C)nn(C)c1C. The zero-order valence-corrected chi connectivity index (χ0v) is 13.7. The Labute approximate surface area is 133 Å². The van der Waals surface area contributed by atoms with Crippen LogP contribution in [-0.4, -0.2) is 17.8 Å². The Morgan fingerprint density at radius 3 is 2.23 bits per heavy atom. The predicted molar refractivity (Wildman–Crippen MR) is 89.7 cm³/mol. The maximum Gasteiger partial charge on any atom is 0.374 e. The van der Waals surface area contributed by atoms with E-state index >= 15 is 0 Å². The van der Waals surface area contributed by atoms with Crippen molar-refractivity contribution in [3.63, 3.8) is 0 Å². The summed E-state index contributed by atoms with van der Waals surface area (Å²) in [7, 11) is 7.26. The number of benzene rings is 1. The van der Waals surface area contributed by atoms with Gasteiger partial charge in [0.15, 0.2) is 0 Å². The Morgan fingerprint density at radius 2 is 1.82 bits per heavy atom. The van der Waals surface area contributed by atoms with E-state index in [-0.39, 0.29) is 0 Å². The van der Waals surface area contributed by atoms with E-state index in [1.165, 1.54) is 0 Å². The minimum absolute atomic E-state index is 0.349. The van der Waals surface area contributed by atoms with Crippen molar-refractivity contribution in [2.24, 2.45) is 7.05 Å². The van der Waals surface area contributed by atoms with Crippen LogP contribution in [-0.2, 0) is 11.7 Å². The molecule has 0 saturated heterocycles. The van der Waals surface area contributed by atoms with Crippen molar-refractivity contribution < 1.29 is 4.65 Å². The van der Waals surface area contributed by atoms with Gasteiger partial charge < -0.3 is 4.65 Å². The van der Waals surface area contributed by atoms with Gasteiger partial charge in [-0.05, 0) is 19.4 Å². The molecule has 5 heteroatoms. The van der Waals surface area contributed by atoms with Crippen LogP contribution in [0, 0.1) is 25.2 Å². The lowest BCUT2D eigenvalue weighted by Crippen LogP contribution is -1.98. The van der Waals surface area contributed by atoms with Gasteiger partial charge in [0.2, 0.25) is 0 Å². The fourth-order valence-corrected chi connectivity index (χ4v) is 2.20. The largest absolute Gasteiger partial charge is 0.566 e. The molecule has 2 radical (unpaired) electrons. The van der Waals surface area contributed by atoms with E-state index in [9.17, 15) is 5.26 Å². The molecular weight excluding hydrogens is 273 g/mol. The third-order valence-corrected chi connectivity index (χ3v) is 3.26. The van der Waals surface area contributed by atoms with Crippen LogP contribution in [0.2, 0.25) is 0 Å². The van der Waals surface area contributed by atoms with Crippen LogP contribution in [0.5, 0.6) is 0 Å². The van der Waals surface area contributed by atoms with E-state index in [4.69, 9.17) is 12.7 Å². The minimum Gasteiger partial charge on any atom is -0.566 e. The van der Waals surface area contributed by atoms with Crippen LogP contribution >= 0.6 is 0 Å². The summed E-state index contributed by atoms with van der Waals surface area (Å²) in [6, 6.07) is 11.5. The summed E-state index contributed by atoms with van der Waals surface area (Å²) >= 11 is 0. The summed E-state index contributed by atoms with van der Waals surface area (Å²) in [5, 5.41) is 13.8. The van der Waals surface area contributed by atoms with Gasteiger partial charge in [-0.1, -0.05) is 44.2 Å². The number of aryl methyl sites for hydroxylation is 2. The average Bonchev–Trinajstić information content (AvgIpc) is 2.81. The van der Waals surface area contributed by atoms with Crippen LogP contribution in [0.4, 0.5) is 0 Å². The standard InChI is InChI=1S/C15H14BN3O.C2H6/c1-10-14(11(2)19(3)18-10)15(20-16)13(9-17)12-7-5-4-6-8-12;1-2/h4-8H,1-3H3;1-2H3. The summed E-state index contributed by atoms with van der Waals surface area (Å²) in [5.41, 5.74) is 3.58. The molecule has 0 amide bonds. The molecule has 0 spiro atoms. The first kappa shape index (κ1) is 17.6. The predicted octanol–water partition coefficient (Wildman–Crippen LogP) is 3.56. The van der Waals surface area contributed by atoms with Crippen LogP contribution in [0.15, 0.2) is 30.3 Å². The first-order chi connectivity index (χ1) is 10.6. The van der Waals surface area contributed by atoms with Crippen molar-refractivity contribution in [3.8, 4) is 6.07 Å². The van der Waals surface area contributed by atoms with Gasteiger partial charge in [0.05, 0.1) is 11.3 Å². The molecule has 1 aromatic heterocycles. The normalized spacial score (nSPS) is 10.9. The smallest absolute Gasteiger partial charge is 0.374 e. The van der Waals surface area contributed by atoms with Gasteiger partial charge in [-0.15, -0.1) is 0 Å². The molecule has 4 nitrogen and oxygen atoms in total. The molecule has 1 heterocycles. The Bertz CT molecular complexity index is 697. The second kappa shape index (κ2) is 8.09. The monoisotopic (exact) mass is 293 g/mol. The van der Waals surface area contributed by atoms with Crippen LogP contribution in [0.3, 0.4) is 0 Å². The maximum absolute atomic E-state index is 9.46. The Morgan fingerprint density at radius 1 is 1.23 bits per heavy atom. The third kappa shape index (κ3) is 3.40. The molecule has 1 aromatic carbocycles. The molecule has 2 aromatic rings. The van der Waals surface area contributed by atoms with Crippen molar-refractivity contribution in [2.45, 2.75) is 27.7 Å². The van der Waals surface area contributed by atoms with E-state index < -0.39 is 0 Å². The zero-order chi connectivity index (χ0) is 16.7. The van der Waals surface area contributed by atoms with E-state index in [0.717, 1.165) is 22.5 Å². The fourth-order valence-electron chi connectivity index (χ4n) is 2.20. The van der Waals surface area contributed by atoms with Gasteiger partial charge in [-0.25, -0.2) is 0 Å². The van der Waals surface area contributed by atoms with Gasteiger partial charge in [0.1, 0.15) is 17.4 Å². The second-order valence-electron chi connectivity index (χ2n) is 4.47. The number of hydrogen-bond acceptors (Lipinski definition) is 3. The first-order valence-corrected chi connectivity index (χ1v) is 7.17. The van der Waals surface area contributed by atoms with Gasteiger partial charge in [-0.2, -0.15) is 10.4 Å². The molecule has 0 N–H and O–H groups in total. The Kier molecular flexibility index (Phi) is 6.46. The molecule has 22 heavy (non-hydrogen) atoms. The molecule has 0 bridgehead atoms. The number of nitriles is 1. The molecule has 112 valence electrons. The number of aromatic nitrogens is 2. The van der Waals surface area contributed by atoms with Crippen molar-refractivity contribution in [2.75, 3.05) is 0 Å². The van der Waals surface area contributed by atoms with E-state index in [1.807, 2.05) is 65.1 Å². The molecule has 0 aliphatic carbocycles. The highest BCUT2D eigenvalue weighted by Crippen LogP contribution is 2.30. The highest BCUT2D eigenvalue weighted by atomic mass is 16.4. The van der Waals surface area contributed by atoms with Gasteiger partial charge >= 0.3 is 8.05 Å². The zero-order valence-electron chi connectivity index (χ0n) is 13.7. The minimum atomic E-state index is 0.349. The molecule has 0 atom stereocenters. The van der Waals surface area contributed by atoms with E-state index in [1.54, 1.807) is 4.68 Å². The molecule has 0 saturated carbocycles. The molecule has 0 unspecified atom stereocenters. The van der Waals surface area contributed by atoms with Crippen molar-refractivity contribution in [1.29, 1.82) is 5.26 Å². The van der Waals surface area contributed by atoms with Gasteiger partial charge in [-0.3, -0.25) is 4.68 Å². The molecular formula is C17H20BN3O. The summed E-state index contributed by atoms with van der Waals surface area (Å²) in [6.45, 7) is 7.77. The summed E-state index contributed by atoms with van der Waals surface area (Å²) < 4.78 is 6.76. The number of hydrogen-bond donors (Lipinski definition) is 0. The summed E-state index contributed by atoms with van der Waals surface area (Å²) in [6.07, 6.45) is 0. The summed E-state index contributed by atoms with van der Waals surface area (Å²) in [5.74, 6) is 0.349. The Hall–Kier alpha value is -2.48. The summed E-state index contributed by atoms with van der Waals surface area (Å²) in [4.78, 5) is 0. The topological polar surface area (TPSA) is 50.8 Å². The number of nitrogens with zero attached hydrogens (tertiary/aromatic N) is 3. The molecule has 2 rings (SSSR count). The molecule has 0 fully saturated rings. The van der Waals surface area contributed by atoms with Crippen molar-refractivity contribution in [1.82, 2.24) is 9.78 Å². The number of rotatable bonds is 3. The van der Waals surface area contributed by atoms with Crippen molar-refractivity contribution in [3.05, 3.63) is 52.8 Å². The van der Waals surface area contributed by atoms with Crippen LogP contribution in [0.1, 0.15) is 36.4 Å². The molecule has 0 aliphatic rings. The van der Waals surface area contributed by atoms with Crippen molar-refractivity contribution >= 4 is 19.4 Å². The quantitative estimate of drug-likeness (QED) is 0.494. The van der Waals surface area contributed by atoms with Gasteiger partial charge in [0, 0.05) is 12.7 Å². The highest BCUT2D eigenvalue weighted by Gasteiger charge is 2.19. The lowest BCUT2D eigenvalue weighted by Gasteiger charge is -2.11. The number of allylic oxidation sites excluding steroid dienone is 1. The van der Waals surface area contributed by atoms with E-state index in [0.29, 0.717) is 11.3 Å². The van der Waals surface area contributed by atoms with Gasteiger partial charge in [0.25, 0.3) is 0 Å². The Balaban J connectivity index is 0.00000116. The fraction of sp³-hybridized carbons (Fsp3) is 0.294. The van der Waals surface area contributed by atoms with Crippen LogP contribution < -0.4 is 0 Å². The maximum atomic E-state index is 9.46. The average molecular weight is 293 g/mol. The highest BCUT2D eigenvalue weighted by molar-refractivity contribution is 6.07. The third-order valence-electron chi connectivity index (χ3n) is 3.26. The van der Waals surface area contributed by atoms with E-state index in [2.05, 4.69) is 11.2 Å².